The molecule has 0 aromatic carbocycles. The molecule has 34 heavy (non-hydrogen) atoms. The van der Waals surface area contributed by atoms with Gasteiger partial charge in [-0.2, -0.15) is 0 Å². The molecule has 1 aromatic rings. The maximum atomic E-state index is 12.3. The zero-order chi connectivity index (χ0) is 25.0. The van der Waals surface area contributed by atoms with E-state index in [2.05, 4.69) is 4.98 Å². The Balaban J connectivity index is 1.57. The molecule has 10 nitrogen and oxygen atoms in total. The highest BCUT2D eigenvalue weighted by Crippen LogP contribution is 2.48. The van der Waals surface area contributed by atoms with Gasteiger partial charge in [-0.3, -0.25) is 14.3 Å². The van der Waals surface area contributed by atoms with Crippen molar-refractivity contribution in [3.8, 4) is 0 Å². The molecule has 8 unspecified atom stereocenters. The van der Waals surface area contributed by atoms with E-state index >= 15 is 0 Å². The van der Waals surface area contributed by atoms with Gasteiger partial charge in [0, 0.05) is 32.0 Å². The summed E-state index contributed by atoms with van der Waals surface area (Å²) in [6, 6.07) is -0.453. The Morgan fingerprint density at radius 2 is 2.03 bits per heavy atom. The normalized spacial score (nSPS) is 32.0. The van der Waals surface area contributed by atoms with Crippen LogP contribution < -0.4 is 11.2 Å². The van der Waals surface area contributed by atoms with Gasteiger partial charge < -0.3 is 27.6 Å². The minimum absolute atomic E-state index is 0.209. The van der Waals surface area contributed by atoms with E-state index in [1.54, 1.807) is 6.66 Å². The second-order valence-electron chi connectivity index (χ2n) is 8.08. The molecule has 190 valence electrons. The van der Waals surface area contributed by atoms with E-state index in [1.165, 1.54) is 10.8 Å². The van der Waals surface area contributed by atoms with E-state index in [4.69, 9.17) is 47.2 Å². The third-order valence-electron chi connectivity index (χ3n) is 5.44. The Labute approximate surface area is 220 Å². The number of H-pyrrole nitrogens is 1. The molecule has 8 atom stereocenters. The largest absolute Gasteiger partial charge is 0.380 e. The summed E-state index contributed by atoms with van der Waals surface area (Å²) < 4.78 is 37.4. The lowest BCUT2D eigenvalue weighted by atomic mass is 9.96. The highest BCUT2D eigenvalue weighted by atomic mass is 127. The van der Waals surface area contributed by atoms with E-state index in [0.717, 1.165) is 0 Å². The summed E-state index contributed by atoms with van der Waals surface area (Å²) in [5, 5.41) is 0. The van der Waals surface area contributed by atoms with Gasteiger partial charge in [-0.15, -0.1) is 0 Å². The molecule has 2 fully saturated rings. The summed E-state index contributed by atoms with van der Waals surface area (Å²) in [7, 11) is 4.70. The van der Waals surface area contributed by atoms with Crippen molar-refractivity contribution in [3.63, 3.8) is 0 Å². The van der Waals surface area contributed by atoms with Crippen LogP contribution in [0.5, 0.6) is 0 Å². The Bertz CT molecular complexity index is 1000. The zero-order valence-corrected chi connectivity index (χ0v) is 24.3. The van der Waals surface area contributed by atoms with Gasteiger partial charge in [-0.25, -0.2) is 4.79 Å². The van der Waals surface area contributed by atoms with Crippen LogP contribution in [-0.2, 0) is 39.4 Å². The van der Waals surface area contributed by atoms with Gasteiger partial charge in [-0.05, 0) is 54.2 Å². The van der Waals surface area contributed by atoms with E-state index in [1.807, 2.05) is 43.1 Å². The molecule has 0 aliphatic carbocycles. The van der Waals surface area contributed by atoms with Crippen LogP contribution in [0.3, 0.4) is 0 Å². The van der Waals surface area contributed by atoms with Crippen molar-refractivity contribution >= 4 is 57.1 Å². The molecule has 2 saturated heterocycles. The average molecular weight is 646 g/mol. The number of nitrogens with one attached hydrogen (secondary N) is 1. The Kier molecular flexibility index (Phi) is 10.8. The highest BCUT2D eigenvalue weighted by molar-refractivity contribution is 14.1. The monoisotopic (exact) mass is 646 g/mol. The molecule has 0 amide bonds. The van der Waals surface area contributed by atoms with Gasteiger partial charge in [0.15, 0.2) is 14.9 Å². The number of aromatic amines is 1. The SMILES string of the molecule is [B]C1CC(OP(C)(=S)OCC)C(COP(C)OC2CC(n3cc(I)c(=O)[nH]c3=O)OC2CC)O1. The van der Waals surface area contributed by atoms with Crippen molar-refractivity contribution in [2.24, 2.45) is 0 Å². The molecule has 2 aliphatic heterocycles. The Morgan fingerprint density at radius 1 is 1.29 bits per heavy atom. The second kappa shape index (κ2) is 12.7. The summed E-state index contributed by atoms with van der Waals surface area (Å²) in [6.07, 6.45) is 1.50. The summed E-state index contributed by atoms with van der Waals surface area (Å²) >= 11 is 7.34. The van der Waals surface area contributed by atoms with Gasteiger partial charge >= 0.3 is 5.69 Å². The van der Waals surface area contributed by atoms with Crippen LogP contribution in [0.4, 0.5) is 0 Å². The molecule has 0 spiro atoms. The third kappa shape index (κ3) is 7.66. The molecule has 0 saturated carbocycles. The maximum absolute atomic E-state index is 12.3. The van der Waals surface area contributed by atoms with E-state index in [9.17, 15) is 9.59 Å². The van der Waals surface area contributed by atoms with Gasteiger partial charge in [0.1, 0.15) is 20.2 Å². The molecule has 1 aromatic heterocycles. The second-order valence-corrected chi connectivity index (χ2v) is 14.6. The third-order valence-corrected chi connectivity index (χ3v) is 9.25. The fourth-order valence-corrected chi connectivity index (χ4v) is 7.28. The first-order valence-corrected chi connectivity index (χ1v) is 16.8. The van der Waals surface area contributed by atoms with Crippen LogP contribution in [-0.4, -0.2) is 74.4 Å². The topological polar surface area (TPSA) is 110 Å². The lowest BCUT2D eigenvalue weighted by molar-refractivity contribution is -0.0205. The molecule has 0 bridgehead atoms. The van der Waals surface area contributed by atoms with Crippen LogP contribution >= 0.6 is 37.5 Å². The lowest BCUT2D eigenvalue weighted by Gasteiger charge is -2.26. The number of nitrogens with zero attached hydrogens (tertiary/aromatic N) is 1. The van der Waals surface area contributed by atoms with Crippen LogP contribution in [0.15, 0.2) is 15.8 Å². The van der Waals surface area contributed by atoms with Crippen LogP contribution in [0.25, 0.3) is 0 Å². The number of hydrogen-bond acceptors (Lipinski definition) is 9. The first-order chi connectivity index (χ1) is 16.0. The number of rotatable bonds is 11. The van der Waals surface area contributed by atoms with Crippen molar-refractivity contribution in [1.29, 1.82) is 0 Å². The van der Waals surface area contributed by atoms with Crippen molar-refractivity contribution < 1.29 is 27.6 Å². The minimum Gasteiger partial charge on any atom is -0.380 e. The van der Waals surface area contributed by atoms with Gasteiger partial charge in [-0.1, -0.05) is 6.92 Å². The van der Waals surface area contributed by atoms with E-state index in [0.29, 0.717) is 29.4 Å². The van der Waals surface area contributed by atoms with Crippen molar-refractivity contribution in [2.45, 2.75) is 69.8 Å². The van der Waals surface area contributed by atoms with Crippen molar-refractivity contribution in [1.82, 2.24) is 9.55 Å². The number of halogens is 1. The van der Waals surface area contributed by atoms with Gasteiger partial charge in [0.25, 0.3) is 5.56 Å². The summed E-state index contributed by atoms with van der Waals surface area (Å²) in [6.45, 7) is 5.86. The number of aromatic nitrogens is 2. The van der Waals surface area contributed by atoms with E-state index < -0.39 is 38.3 Å². The fourth-order valence-electron chi connectivity index (χ4n) is 3.94. The quantitative estimate of drug-likeness (QED) is 0.221. The van der Waals surface area contributed by atoms with Crippen LogP contribution in [0, 0.1) is 3.57 Å². The summed E-state index contributed by atoms with van der Waals surface area (Å²) in [5.41, 5.74) is -0.925. The predicted molar refractivity (Wildman–Crippen MR) is 142 cm³/mol. The molecule has 2 aliphatic rings. The first kappa shape index (κ1) is 28.9. The van der Waals surface area contributed by atoms with Crippen molar-refractivity contribution in [2.75, 3.05) is 26.5 Å². The van der Waals surface area contributed by atoms with E-state index in [-0.39, 0.29) is 31.0 Å². The molecule has 1 N–H and O–H groups in total. The van der Waals surface area contributed by atoms with Gasteiger partial charge in [0.2, 0.25) is 0 Å². The minimum atomic E-state index is -2.39. The summed E-state index contributed by atoms with van der Waals surface area (Å²) in [4.78, 5) is 26.2. The predicted octanol–water partition coefficient (Wildman–Crippen LogP) is 2.83. The maximum Gasteiger partial charge on any atom is 0.330 e. The van der Waals surface area contributed by atoms with Crippen LogP contribution in [0.2, 0.25) is 0 Å². The highest BCUT2D eigenvalue weighted by Gasteiger charge is 2.39. The average Bonchev–Trinajstić information content (AvgIpc) is 3.31. The molecule has 15 heteroatoms. The standard InChI is InChI=1S/C19H30BIN2O8P2S/c1-5-12-13(8-17(29-12)23-9-11(21)18(24)22-19(23)25)30-32(3)26-10-15-14(7-16(20)28-15)31-33(4,34)27-6-2/h9,12-17H,5-8,10H2,1-4H3,(H,22,24,25). The molecule has 2 radical (unpaired) electrons. The molecular weight excluding hydrogens is 616 g/mol. The number of hydrogen-bond donors (Lipinski definition) is 1. The fraction of sp³-hybridized carbons (Fsp3) is 0.789. The molecular formula is C19H30BIN2O8P2S. The Hall–Kier alpha value is 0.315. The Morgan fingerprint density at radius 3 is 2.71 bits per heavy atom. The van der Waals surface area contributed by atoms with Crippen LogP contribution in [0.1, 0.15) is 39.3 Å². The summed E-state index contributed by atoms with van der Waals surface area (Å²) in [5.74, 6) is 0. The first-order valence-electron chi connectivity index (χ1n) is 11.0. The molecule has 3 rings (SSSR count). The lowest BCUT2D eigenvalue weighted by Crippen LogP contribution is -2.33. The number of ether oxygens (including phenoxy) is 2. The molecule has 3 heterocycles. The zero-order valence-electron chi connectivity index (χ0n) is 19.5. The van der Waals surface area contributed by atoms with Gasteiger partial charge in [0.05, 0.1) is 35.1 Å². The smallest absolute Gasteiger partial charge is 0.330 e. The van der Waals surface area contributed by atoms with Crippen molar-refractivity contribution in [3.05, 3.63) is 30.6 Å².